The first-order valence-electron chi connectivity index (χ1n) is 6.19. The van der Waals surface area contributed by atoms with Gasteiger partial charge in [0.25, 0.3) is 5.91 Å². The minimum absolute atomic E-state index is 0.0353. The second-order valence-corrected chi connectivity index (χ2v) is 5.02. The van der Waals surface area contributed by atoms with Crippen molar-refractivity contribution in [2.75, 3.05) is 12.3 Å². The quantitative estimate of drug-likeness (QED) is 0.712. The number of nitrogens with two attached hydrogens (primary N) is 1. The minimum atomic E-state index is -0.298. The minimum Gasteiger partial charge on any atom is -0.398 e. The zero-order valence-electron chi connectivity index (χ0n) is 10.4. The molecule has 2 rings (SSSR count). The van der Waals surface area contributed by atoms with E-state index in [0.717, 1.165) is 12.8 Å². The van der Waals surface area contributed by atoms with Crippen LogP contribution in [0.5, 0.6) is 0 Å². The van der Waals surface area contributed by atoms with Crippen LogP contribution in [0.4, 0.5) is 5.69 Å². The Bertz CT molecular complexity index is 501. The average molecular weight is 282 g/mol. The number of benzene rings is 1. The average Bonchev–Trinajstić information content (AvgIpc) is 3.12. The van der Waals surface area contributed by atoms with E-state index in [2.05, 4.69) is 10.6 Å². The second-order valence-electron chi connectivity index (χ2n) is 4.58. The molecule has 0 bridgehead atoms. The molecule has 1 fully saturated rings. The largest absolute Gasteiger partial charge is 0.398 e. The topological polar surface area (TPSA) is 84.2 Å². The molecule has 0 spiro atoms. The maximum Gasteiger partial charge on any atom is 0.253 e. The van der Waals surface area contributed by atoms with Gasteiger partial charge in [-0.05, 0) is 31.0 Å². The summed E-state index contributed by atoms with van der Waals surface area (Å²) >= 11 is 5.76. The predicted octanol–water partition coefficient (Wildman–Crippen LogP) is 1.32. The first-order chi connectivity index (χ1) is 9.06. The fraction of sp³-hybridized carbons (Fsp3) is 0.385. The summed E-state index contributed by atoms with van der Waals surface area (Å²) in [4.78, 5) is 23.2. The Morgan fingerprint density at radius 1 is 1.37 bits per heavy atom. The first kappa shape index (κ1) is 13.7. The molecule has 1 aromatic rings. The van der Waals surface area contributed by atoms with Gasteiger partial charge in [-0.1, -0.05) is 11.6 Å². The monoisotopic (exact) mass is 281 g/mol. The Morgan fingerprint density at radius 2 is 2.11 bits per heavy atom. The molecule has 0 aromatic heterocycles. The van der Waals surface area contributed by atoms with Crippen LogP contribution in [0.1, 0.15) is 29.6 Å². The van der Waals surface area contributed by atoms with E-state index >= 15 is 0 Å². The molecular formula is C13H16ClN3O2. The smallest absolute Gasteiger partial charge is 0.253 e. The third-order valence-corrected chi connectivity index (χ3v) is 3.07. The molecule has 0 saturated heterocycles. The maximum atomic E-state index is 11.8. The molecule has 1 aliphatic rings. The van der Waals surface area contributed by atoms with Crippen molar-refractivity contribution in [3.63, 3.8) is 0 Å². The Labute approximate surface area is 116 Å². The summed E-state index contributed by atoms with van der Waals surface area (Å²) < 4.78 is 0. The molecule has 0 atom stereocenters. The highest BCUT2D eigenvalue weighted by molar-refractivity contribution is 6.31. The van der Waals surface area contributed by atoms with Crippen molar-refractivity contribution in [1.82, 2.24) is 10.6 Å². The number of halogens is 1. The normalized spacial score (nSPS) is 13.9. The van der Waals surface area contributed by atoms with Crippen molar-refractivity contribution in [2.45, 2.75) is 25.3 Å². The Balaban J connectivity index is 1.78. The standard InChI is InChI=1S/C13H16ClN3O2/c14-8-1-4-10(11(15)7-8)13(19)16-6-5-12(18)17-9-2-3-9/h1,4,7,9H,2-3,5-6,15H2,(H,16,19)(H,17,18). The number of hydrogen-bond donors (Lipinski definition) is 3. The van der Waals surface area contributed by atoms with Crippen molar-refractivity contribution in [3.8, 4) is 0 Å². The fourth-order valence-electron chi connectivity index (χ4n) is 1.65. The molecule has 5 nitrogen and oxygen atoms in total. The van der Waals surface area contributed by atoms with E-state index in [1.165, 1.54) is 6.07 Å². The van der Waals surface area contributed by atoms with Crippen molar-refractivity contribution in [3.05, 3.63) is 28.8 Å². The van der Waals surface area contributed by atoms with Crippen LogP contribution in [0, 0.1) is 0 Å². The number of rotatable bonds is 5. The van der Waals surface area contributed by atoms with Crippen molar-refractivity contribution in [2.24, 2.45) is 0 Å². The molecule has 4 N–H and O–H groups in total. The van der Waals surface area contributed by atoms with Gasteiger partial charge in [0.05, 0.1) is 5.56 Å². The molecule has 1 aromatic carbocycles. The van der Waals surface area contributed by atoms with E-state index in [9.17, 15) is 9.59 Å². The highest BCUT2D eigenvalue weighted by Crippen LogP contribution is 2.19. The van der Waals surface area contributed by atoms with Crippen LogP contribution >= 0.6 is 11.6 Å². The number of carbonyl (C=O) groups excluding carboxylic acids is 2. The molecule has 6 heteroatoms. The molecule has 1 saturated carbocycles. The van der Waals surface area contributed by atoms with E-state index < -0.39 is 0 Å². The fourth-order valence-corrected chi connectivity index (χ4v) is 1.83. The van der Waals surface area contributed by atoms with Gasteiger partial charge < -0.3 is 16.4 Å². The molecular weight excluding hydrogens is 266 g/mol. The molecule has 102 valence electrons. The van der Waals surface area contributed by atoms with Gasteiger partial charge >= 0.3 is 0 Å². The Morgan fingerprint density at radius 3 is 2.74 bits per heavy atom. The lowest BCUT2D eigenvalue weighted by molar-refractivity contribution is -0.121. The number of nitrogens with one attached hydrogen (secondary N) is 2. The van der Waals surface area contributed by atoms with Gasteiger partial charge in [0.15, 0.2) is 0 Å². The van der Waals surface area contributed by atoms with Gasteiger partial charge in [-0.25, -0.2) is 0 Å². The van der Waals surface area contributed by atoms with Gasteiger partial charge in [0.1, 0.15) is 0 Å². The molecule has 0 unspecified atom stereocenters. The number of carbonyl (C=O) groups is 2. The third kappa shape index (κ3) is 4.13. The molecule has 2 amide bonds. The van der Waals surface area contributed by atoms with Crippen LogP contribution in [0.15, 0.2) is 18.2 Å². The molecule has 0 radical (unpaired) electrons. The van der Waals surface area contributed by atoms with Crippen LogP contribution in [0.25, 0.3) is 0 Å². The lowest BCUT2D eigenvalue weighted by Gasteiger charge is -2.08. The number of hydrogen-bond acceptors (Lipinski definition) is 3. The van der Waals surface area contributed by atoms with Crippen LogP contribution in [0.3, 0.4) is 0 Å². The van der Waals surface area contributed by atoms with E-state index in [1.807, 2.05) is 0 Å². The van der Waals surface area contributed by atoms with Crippen LogP contribution in [-0.2, 0) is 4.79 Å². The molecule has 0 aliphatic heterocycles. The highest BCUT2D eigenvalue weighted by atomic mass is 35.5. The number of nitrogen functional groups attached to an aromatic ring is 1. The van der Waals surface area contributed by atoms with Crippen LogP contribution < -0.4 is 16.4 Å². The second kappa shape index (κ2) is 5.93. The summed E-state index contributed by atoms with van der Waals surface area (Å²) in [5.41, 5.74) is 6.40. The first-order valence-corrected chi connectivity index (χ1v) is 6.56. The SMILES string of the molecule is Nc1cc(Cl)ccc1C(=O)NCCC(=O)NC1CC1. The summed E-state index contributed by atoms with van der Waals surface area (Å²) in [5.74, 6) is -0.333. The lowest BCUT2D eigenvalue weighted by Crippen LogP contribution is -2.31. The third-order valence-electron chi connectivity index (χ3n) is 2.84. The summed E-state index contributed by atoms with van der Waals surface area (Å²) in [6.45, 7) is 0.291. The zero-order chi connectivity index (χ0) is 13.8. The summed E-state index contributed by atoms with van der Waals surface area (Å²) in [6, 6.07) is 5.04. The van der Waals surface area contributed by atoms with E-state index in [4.69, 9.17) is 17.3 Å². The van der Waals surface area contributed by atoms with Crippen molar-refractivity contribution >= 4 is 29.1 Å². The Kier molecular flexibility index (Phi) is 4.27. The maximum absolute atomic E-state index is 11.8. The van der Waals surface area contributed by atoms with Crippen molar-refractivity contribution in [1.29, 1.82) is 0 Å². The summed E-state index contributed by atoms with van der Waals surface area (Å²) in [6.07, 6.45) is 2.38. The highest BCUT2D eigenvalue weighted by Gasteiger charge is 2.22. The van der Waals surface area contributed by atoms with E-state index in [1.54, 1.807) is 12.1 Å². The lowest BCUT2D eigenvalue weighted by atomic mass is 10.1. The number of amides is 2. The van der Waals surface area contributed by atoms with Crippen LogP contribution in [-0.4, -0.2) is 24.4 Å². The van der Waals surface area contributed by atoms with Gasteiger partial charge in [-0.3, -0.25) is 9.59 Å². The van der Waals surface area contributed by atoms with Gasteiger partial charge in [0, 0.05) is 29.7 Å². The molecule has 0 heterocycles. The molecule has 1 aliphatic carbocycles. The number of anilines is 1. The summed E-state index contributed by atoms with van der Waals surface area (Å²) in [5, 5.41) is 6.00. The summed E-state index contributed by atoms with van der Waals surface area (Å²) in [7, 11) is 0. The van der Waals surface area contributed by atoms with Crippen LogP contribution in [0.2, 0.25) is 5.02 Å². The van der Waals surface area contributed by atoms with Gasteiger partial charge in [0.2, 0.25) is 5.91 Å². The molecule has 19 heavy (non-hydrogen) atoms. The zero-order valence-corrected chi connectivity index (χ0v) is 11.2. The Hall–Kier alpha value is -1.75. The van der Waals surface area contributed by atoms with Crippen molar-refractivity contribution < 1.29 is 9.59 Å². The van der Waals surface area contributed by atoms with Gasteiger partial charge in [-0.2, -0.15) is 0 Å². The van der Waals surface area contributed by atoms with E-state index in [-0.39, 0.29) is 18.2 Å². The van der Waals surface area contributed by atoms with E-state index in [0.29, 0.717) is 28.9 Å². The predicted molar refractivity (Wildman–Crippen MR) is 74.0 cm³/mol. The van der Waals surface area contributed by atoms with Gasteiger partial charge in [-0.15, -0.1) is 0 Å².